The summed E-state index contributed by atoms with van der Waals surface area (Å²) in [7, 11) is 0. The zero-order valence-corrected chi connectivity index (χ0v) is 10.2. The fourth-order valence-corrected chi connectivity index (χ4v) is 1.59. The van der Waals surface area contributed by atoms with E-state index in [0.29, 0.717) is 5.92 Å². The Kier molecular flexibility index (Phi) is 5.12. The van der Waals surface area contributed by atoms with Gasteiger partial charge in [0.25, 0.3) is 0 Å². The second kappa shape index (κ2) is 6.38. The smallest absolute Gasteiger partial charge is 0.0576 e. The average Bonchev–Trinajstić information content (AvgIpc) is 2.28. The standard InChI is InChI=1S/C13H22N2O/c1-10-5-6-12(14)13(8-10)15-7-3-4-11(2)9-16/h5-6,8,11,15-16H,3-4,7,9,14H2,1-2H3. The lowest BCUT2D eigenvalue weighted by molar-refractivity contribution is 0.229. The quantitative estimate of drug-likeness (QED) is 0.511. The summed E-state index contributed by atoms with van der Waals surface area (Å²) in [5.74, 6) is 0.386. The Morgan fingerprint density at radius 2 is 2.19 bits per heavy atom. The number of anilines is 2. The summed E-state index contributed by atoms with van der Waals surface area (Å²) in [6.07, 6.45) is 2.09. The number of nitrogens with two attached hydrogens (primary N) is 1. The maximum atomic E-state index is 8.89. The van der Waals surface area contributed by atoms with Crippen LogP contribution in [0.5, 0.6) is 0 Å². The molecule has 0 spiro atoms. The van der Waals surface area contributed by atoms with Gasteiger partial charge in [-0.1, -0.05) is 13.0 Å². The molecule has 0 aromatic heterocycles. The van der Waals surface area contributed by atoms with E-state index in [4.69, 9.17) is 10.8 Å². The maximum absolute atomic E-state index is 8.89. The normalized spacial score (nSPS) is 12.4. The minimum atomic E-state index is 0.270. The molecule has 1 unspecified atom stereocenters. The molecule has 3 nitrogen and oxygen atoms in total. The van der Waals surface area contributed by atoms with E-state index in [2.05, 4.69) is 25.2 Å². The van der Waals surface area contributed by atoms with Gasteiger partial charge >= 0.3 is 0 Å². The van der Waals surface area contributed by atoms with E-state index in [9.17, 15) is 0 Å². The molecule has 1 rings (SSSR count). The van der Waals surface area contributed by atoms with Gasteiger partial charge in [-0.2, -0.15) is 0 Å². The molecule has 4 N–H and O–H groups in total. The van der Waals surface area contributed by atoms with Crippen LogP contribution in [0.3, 0.4) is 0 Å². The predicted molar refractivity (Wildman–Crippen MR) is 69.6 cm³/mol. The molecule has 1 atom stereocenters. The van der Waals surface area contributed by atoms with E-state index in [1.54, 1.807) is 0 Å². The Hall–Kier alpha value is -1.22. The molecule has 0 radical (unpaired) electrons. The van der Waals surface area contributed by atoms with Gasteiger partial charge in [-0.15, -0.1) is 0 Å². The lowest BCUT2D eigenvalue weighted by Gasteiger charge is -2.11. The average molecular weight is 222 g/mol. The van der Waals surface area contributed by atoms with Crippen molar-refractivity contribution in [2.24, 2.45) is 5.92 Å². The van der Waals surface area contributed by atoms with Crippen LogP contribution in [0, 0.1) is 12.8 Å². The number of aliphatic hydroxyl groups excluding tert-OH is 1. The zero-order chi connectivity index (χ0) is 12.0. The summed E-state index contributed by atoms with van der Waals surface area (Å²) < 4.78 is 0. The van der Waals surface area contributed by atoms with Crippen LogP contribution < -0.4 is 11.1 Å². The van der Waals surface area contributed by atoms with Crippen molar-refractivity contribution in [3.05, 3.63) is 23.8 Å². The van der Waals surface area contributed by atoms with E-state index < -0.39 is 0 Å². The number of benzene rings is 1. The molecule has 0 amide bonds. The lowest BCUT2D eigenvalue weighted by atomic mass is 10.1. The molecule has 1 aromatic rings. The van der Waals surface area contributed by atoms with Crippen molar-refractivity contribution in [2.75, 3.05) is 24.2 Å². The molecule has 3 heteroatoms. The van der Waals surface area contributed by atoms with E-state index in [0.717, 1.165) is 30.8 Å². The first-order chi connectivity index (χ1) is 7.63. The fourth-order valence-electron chi connectivity index (χ4n) is 1.59. The van der Waals surface area contributed by atoms with Crippen molar-refractivity contribution >= 4 is 11.4 Å². The second-order valence-corrected chi connectivity index (χ2v) is 4.45. The number of hydrogen-bond acceptors (Lipinski definition) is 3. The van der Waals surface area contributed by atoms with Crippen molar-refractivity contribution in [3.8, 4) is 0 Å². The number of hydrogen-bond donors (Lipinski definition) is 3. The van der Waals surface area contributed by atoms with Crippen LogP contribution in [0.15, 0.2) is 18.2 Å². The van der Waals surface area contributed by atoms with Gasteiger partial charge in [0.05, 0.1) is 11.4 Å². The zero-order valence-electron chi connectivity index (χ0n) is 10.2. The Bertz CT molecular complexity index is 326. The van der Waals surface area contributed by atoms with Crippen molar-refractivity contribution in [1.29, 1.82) is 0 Å². The Balaban J connectivity index is 2.34. The van der Waals surface area contributed by atoms with Gasteiger partial charge in [-0.05, 0) is 43.4 Å². The molecule has 90 valence electrons. The van der Waals surface area contributed by atoms with Gasteiger partial charge in [0.15, 0.2) is 0 Å². The third-order valence-corrected chi connectivity index (χ3v) is 2.71. The Morgan fingerprint density at radius 3 is 2.88 bits per heavy atom. The van der Waals surface area contributed by atoms with Crippen molar-refractivity contribution in [2.45, 2.75) is 26.7 Å². The highest BCUT2D eigenvalue weighted by Crippen LogP contribution is 2.19. The van der Waals surface area contributed by atoms with Crippen LogP contribution in [-0.2, 0) is 0 Å². The van der Waals surface area contributed by atoms with Gasteiger partial charge in [-0.3, -0.25) is 0 Å². The summed E-state index contributed by atoms with van der Waals surface area (Å²) in [6, 6.07) is 5.99. The minimum Gasteiger partial charge on any atom is -0.397 e. The number of nitrogen functional groups attached to an aromatic ring is 1. The van der Waals surface area contributed by atoms with E-state index >= 15 is 0 Å². The second-order valence-electron chi connectivity index (χ2n) is 4.45. The molecule has 0 aliphatic heterocycles. The summed E-state index contributed by atoms with van der Waals surface area (Å²) in [4.78, 5) is 0. The van der Waals surface area contributed by atoms with Crippen LogP contribution in [-0.4, -0.2) is 18.3 Å². The summed E-state index contributed by atoms with van der Waals surface area (Å²) in [5.41, 5.74) is 8.87. The highest BCUT2D eigenvalue weighted by molar-refractivity contribution is 5.66. The van der Waals surface area contributed by atoms with Crippen LogP contribution in [0.1, 0.15) is 25.3 Å². The predicted octanol–water partition coefficient (Wildman–Crippen LogP) is 2.40. The van der Waals surface area contributed by atoms with Gasteiger partial charge < -0.3 is 16.2 Å². The van der Waals surface area contributed by atoms with Gasteiger partial charge in [-0.25, -0.2) is 0 Å². The van der Waals surface area contributed by atoms with E-state index in [1.807, 2.05) is 12.1 Å². The highest BCUT2D eigenvalue weighted by Gasteiger charge is 2.01. The van der Waals surface area contributed by atoms with Gasteiger partial charge in [0.2, 0.25) is 0 Å². The molecule has 0 aliphatic carbocycles. The third-order valence-electron chi connectivity index (χ3n) is 2.71. The van der Waals surface area contributed by atoms with Crippen LogP contribution in [0.2, 0.25) is 0 Å². The molecule has 0 heterocycles. The minimum absolute atomic E-state index is 0.270. The van der Waals surface area contributed by atoms with Crippen LogP contribution >= 0.6 is 0 Å². The van der Waals surface area contributed by atoms with Crippen molar-refractivity contribution < 1.29 is 5.11 Å². The monoisotopic (exact) mass is 222 g/mol. The molecule has 0 saturated carbocycles. The Labute approximate surface area is 97.7 Å². The molecule has 16 heavy (non-hydrogen) atoms. The van der Waals surface area contributed by atoms with E-state index in [1.165, 1.54) is 5.56 Å². The first kappa shape index (κ1) is 12.8. The third kappa shape index (κ3) is 4.11. The summed E-state index contributed by atoms with van der Waals surface area (Å²) in [5, 5.41) is 12.2. The lowest BCUT2D eigenvalue weighted by Crippen LogP contribution is -2.07. The van der Waals surface area contributed by atoms with Gasteiger partial charge in [0, 0.05) is 13.2 Å². The van der Waals surface area contributed by atoms with Crippen molar-refractivity contribution in [1.82, 2.24) is 0 Å². The molecule has 0 aliphatic rings. The SMILES string of the molecule is Cc1ccc(N)c(NCCCC(C)CO)c1. The van der Waals surface area contributed by atoms with Gasteiger partial charge in [0.1, 0.15) is 0 Å². The number of aliphatic hydroxyl groups is 1. The largest absolute Gasteiger partial charge is 0.397 e. The van der Waals surface area contributed by atoms with Crippen LogP contribution in [0.25, 0.3) is 0 Å². The Morgan fingerprint density at radius 1 is 1.44 bits per heavy atom. The topological polar surface area (TPSA) is 58.3 Å². The molecular formula is C13H22N2O. The first-order valence-corrected chi connectivity index (χ1v) is 5.84. The van der Waals surface area contributed by atoms with E-state index in [-0.39, 0.29) is 6.61 Å². The summed E-state index contributed by atoms with van der Waals surface area (Å²) in [6.45, 7) is 5.28. The molecule has 0 saturated heterocycles. The summed E-state index contributed by atoms with van der Waals surface area (Å²) >= 11 is 0. The fraction of sp³-hybridized carbons (Fsp3) is 0.538. The first-order valence-electron chi connectivity index (χ1n) is 5.84. The number of rotatable bonds is 6. The maximum Gasteiger partial charge on any atom is 0.0576 e. The number of nitrogens with one attached hydrogen (secondary N) is 1. The van der Waals surface area contributed by atoms with Crippen molar-refractivity contribution in [3.63, 3.8) is 0 Å². The van der Waals surface area contributed by atoms with Crippen LogP contribution in [0.4, 0.5) is 11.4 Å². The molecule has 1 aromatic carbocycles. The number of aryl methyl sites for hydroxylation is 1. The molecule has 0 fully saturated rings. The highest BCUT2D eigenvalue weighted by atomic mass is 16.3. The molecular weight excluding hydrogens is 200 g/mol. The molecule has 0 bridgehead atoms.